The van der Waals surface area contributed by atoms with Gasteiger partial charge in [-0.2, -0.15) is 0 Å². The van der Waals surface area contributed by atoms with Crippen molar-refractivity contribution in [3.05, 3.63) is 23.9 Å². The number of hydrogen-bond donors (Lipinski definition) is 2. The minimum Gasteiger partial charge on any atom is -0.381 e. The lowest BCUT2D eigenvalue weighted by Crippen LogP contribution is -2.49. The molecule has 1 unspecified atom stereocenters. The lowest BCUT2D eigenvalue weighted by atomic mass is 10.0. The normalized spacial score (nSPS) is 24.2. The van der Waals surface area contributed by atoms with E-state index in [4.69, 9.17) is 4.74 Å². The van der Waals surface area contributed by atoms with E-state index in [0.29, 0.717) is 6.04 Å². The summed E-state index contributed by atoms with van der Waals surface area (Å²) >= 11 is 0. The van der Waals surface area contributed by atoms with Crippen molar-refractivity contribution in [3.8, 4) is 0 Å². The van der Waals surface area contributed by atoms with Crippen LogP contribution in [-0.4, -0.2) is 74.9 Å². The van der Waals surface area contributed by atoms with Gasteiger partial charge in [-0.1, -0.05) is 12.8 Å². The van der Waals surface area contributed by atoms with Crippen molar-refractivity contribution >= 4 is 11.8 Å². The summed E-state index contributed by atoms with van der Waals surface area (Å²) in [6.07, 6.45) is 10.7. The second-order valence-electron chi connectivity index (χ2n) is 9.30. The van der Waals surface area contributed by atoms with Gasteiger partial charge in [-0.15, -0.1) is 0 Å². The van der Waals surface area contributed by atoms with Crippen LogP contribution in [0.15, 0.2) is 23.3 Å². The molecule has 0 aliphatic carbocycles. The van der Waals surface area contributed by atoms with E-state index in [1.54, 1.807) is 0 Å². The van der Waals surface area contributed by atoms with Crippen LogP contribution < -0.4 is 15.5 Å². The Morgan fingerprint density at radius 1 is 1.13 bits per heavy atom. The van der Waals surface area contributed by atoms with Crippen molar-refractivity contribution in [2.45, 2.75) is 57.5 Å². The number of nitrogens with zero attached hydrogens (tertiary/aromatic N) is 4. The van der Waals surface area contributed by atoms with E-state index in [9.17, 15) is 0 Å². The van der Waals surface area contributed by atoms with Crippen LogP contribution in [-0.2, 0) is 11.3 Å². The Hall–Kier alpha value is -1.86. The van der Waals surface area contributed by atoms with E-state index in [1.807, 2.05) is 13.2 Å². The van der Waals surface area contributed by atoms with Gasteiger partial charge in [0.2, 0.25) is 0 Å². The van der Waals surface area contributed by atoms with E-state index in [-0.39, 0.29) is 0 Å². The predicted octanol–water partition coefficient (Wildman–Crippen LogP) is 2.63. The number of pyridine rings is 1. The molecule has 4 rings (SSSR count). The van der Waals surface area contributed by atoms with Gasteiger partial charge in [0.25, 0.3) is 0 Å². The maximum Gasteiger partial charge on any atom is 0.191 e. The number of nitrogens with one attached hydrogen (secondary N) is 2. The maximum absolute atomic E-state index is 5.53. The maximum atomic E-state index is 5.53. The van der Waals surface area contributed by atoms with Gasteiger partial charge in [0.15, 0.2) is 5.96 Å². The number of likely N-dealkylation sites (tertiary alicyclic amines) is 1. The number of ether oxygens (including phenoxy) is 1. The molecule has 4 heterocycles. The first kappa shape index (κ1) is 22.3. The third kappa shape index (κ3) is 6.81. The fraction of sp³-hybridized carbons (Fsp3) is 0.750. The van der Waals surface area contributed by atoms with Crippen LogP contribution >= 0.6 is 0 Å². The fourth-order valence-corrected chi connectivity index (χ4v) is 4.97. The Morgan fingerprint density at radius 3 is 2.65 bits per heavy atom. The molecule has 0 radical (unpaired) electrons. The Morgan fingerprint density at radius 2 is 1.94 bits per heavy atom. The third-order valence-corrected chi connectivity index (χ3v) is 6.89. The van der Waals surface area contributed by atoms with Crippen molar-refractivity contribution in [1.29, 1.82) is 0 Å². The van der Waals surface area contributed by atoms with E-state index >= 15 is 0 Å². The zero-order chi connectivity index (χ0) is 21.3. The summed E-state index contributed by atoms with van der Waals surface area (Å²) in [5.74, 6) is 2.75. The molecule has 1 aromatic heterocycles. The van der Waals surface area contributed by atoms with Gasteiger partial charge in [0, 0.05) is 65.2 Å². The molecule has 1 aromatic rings. The van der Waals surface area contributed by atoms with E-state index in [0.717, 1.165) is 63.6 Å². The second-order valence-corrected chi connectivity index (χ2v) is 9.30. The third-order valence-electron chi connectivity index (χ3n) is 6.89. The quantitative estimate of drug-likeness (QED) is 0.536. The average Bonchev–Trinajstić information content (AvgIpc) is 3.16. The summed E-state index contributed by atoms with van der Waals surface area (Å²) in [5, 5.41) is 7.15. The molecule has 3 aliphatic heterocycles. The molecular formula is C24H40N6O. The van der Waals surface area contributed by atoms with Gasteiger partial charge >= 0.3 is 0 Å². The molecule has 0 aromatic carbocycles. The first-order valence-electron chi connectivity index (χ1n) is 12.3. The summed E-state index contributed by atoms with van der Waals surface area (Å²) in [5.41, 5.74) is 1.26. The largest absolute Gasteiger partial charge is 0.381 e. The Labute approximate surface area is 187 Å². The highest BCUT2D eigenvalue weighted by molar-refractivity contribution is 5.80. The molecule has 0 bridgehead atoms. The van der Waals surface area contributed by atoms with Crippen molar-refractivity contribution in [2.75, 3.05) is 57.9 Å². The Kier molecular flexibility index (Phi) is 8.41. The Bertz CT molecular complexity index is 689. The van der Waals surface area contributed by atoms with Crippen molar-refractivity contribution in [3.63, 3.8) is 0 Å². The van der Waals surface area contributed by atoms with Crippen LogP contribution in [0.2, 0.25) is 0 Å². The molecule has 0 spiro atoms. The highest BCUT2D eigenvalue weighted by Crippen LogP contribution is 2.19. The molecule has 3 aliphatic rings. The monoisotopic (exact) mass is 428 g/mol. The van der Waals surface area contributed by atoms with Gasteiger partial charge in [-0.3, -0.25) is 4.99 Å². The number of aliphatic imine (C=N–C) groups is 1. The number of rotatable bonds is 6. The molecule has 3 saturated heterocycles. The Balaban J connectivity index is 1.21. The highest BCUT2D eigenvalue weighted by atomic mass is 16.5. The van der Waals surface area contributed by atoms with Crippen molar-refractivity contribution < 1.29 is 4.74 Å². The number of anilines is 1. The minimum absolute atomic E-state index is 0.493. The molecule has 0 amide bonds. The first-order chi connectivity index (χ1) is 15.3. The van der Waals surface area contributed by atoms with Gasteiger partial charge in [0.05, 0.1) is 6.61 Å². The predicted molar refractivity (Wildman–Crippen MR) is 127 cm³/mol. The lowest BCUT2D eigenvalue weighted by molar-refractivity contribution is 0.150. The number of hydrogen-bond acceptors (Lipinski definition) is 5. The van der Waals surface area contributed by atoms with Gasteiger partial charge in [0.1, 0.15) is 5.82 Å². The number of guanidine groups is 1. The van der Waals surface area contributed by atoms with Crippen molar-refractivity contribution in [2.24, 2.45) is 10.9 Å². The summed E-state index contributed by atoms with van der Waals surface area (Å²) in [7, 11) is 1.86. The second kappa shape index (κ2) is 11.7. The first-order valence-corrected chi connectivity index (χ1v) is 12.3. The van der Waals surface area contributed by atoms with Crippen LogP contribution in [0, 0.1) is 5.92 Å². The fourth-order valence-electron chi connectivity index (χ4n) is 4.97. The smallest absolute Gasteiger partial charge is 0.191 e. The molecule has 0 saturated carbocycles. The van der Waals surface area contributed by atoms with Crippen LogP contribution in [0.1, 0.15) is 50.5 Å². The van der Waals surface area contributed by atoms with E-state index < -0.39 is 0 Å². The lowest BCUT2D eigenvalue weighted by Gasteiger charge is -2.34. The minimum atomic E-state index is 0.493. The van der Waals surface area contributed by atoms with Gasteiger partial charge in [-0.25, -0.2) is 4.98 Å². The van der Waals surface area contributed by atoms with Gasteiger partial charge < -0.3 is 25.2 Å². The zero-order valence-corrected chi connectivity index (χ0v) is 19.2. The van der Waals surface area contributed by atoms with Crippen molar-refractivity contribution in [1.82, 2.24) is 20.5 Å². The molecule has 172 valence electrons. The summed E-state index contributed by atoms with van der Waals surface area (Å²) in [6.45, 7) is 8.43. The number of aromatic nitrogens is 1. The molecule has 7 heteroatoms. The van der Waals surface area contributed by atoms with Crippen LogP contribution in [0.4, 0.5) is 5.82 Å². The van der Waals surface area contributed by atoms with E-state index in [2.05, 4.69) is 42.5 Å². The van der Waals surface area contributed by atoms with Crippen LogP contribution in [0.25, 0.3) is 0 Å². The summed E-state index contributed by atoms with van der Waals surface area (Å²) in [4.78, 5) is 14.1. The van der Waals surface area contributed by atoms with E-state index in [1.165, 1.54) is 57.1 Å². The highest BCUT2D eigenvalue weighted by Gasteiger charge is 2.24. The molecule has 1 atom stereocenters. The summed E-state index contributed by atoms with van der Waals surface area (Å²) < 4.78 is 5.53. The average molecular weight is 429 g/mol. The molecular weight excluding hydrogens is 388 g/mol. The molecule has 31 heavy (non-hydrogen) atoms. The van der Waals surface area contributed by atoms with Crippen LogP contribution in [0.5, 0.6) is 0 Å². The van der Waals surface area contributed by atoms with Crippen LogP contribution in [0.3, 0.4) is 0 Å². The topological polar surface area (TPSA) is 65.0 Å². The van der Waals surface area contributed by atoms with Gasteiger partial charge in [-0.05, 0) is 55.7 Å². The number of piperidine rings is 1. The molecule has 2 N–H and O–H groups in total. The SMILES string of the molecule is CN=C(NCc1ccnc(N2CCCCCC2)c1)NC1CCN(CC2CCOC2)CC1. The molecule has 7 nitrogen and oxygen atoms in total. The zero-order valence-electron chi connectivity index (χ0n) is 19.2. The standard InChI is InChI=1S/C24H40N6O/c1-25-24(28-22-7-13-29(14-8-22)18-21-9-15-31-19-21)27-17-20-6-10-26-23(16-20)30-11-4-2-3-5-12-30/h6,10,16,21-22H,2-5,7-9,11-15,17-19H2,1H3,(H2,25,27,28). The summed E-state index contributed by atoms with van der Waals surface area (Å²) in [6, 6.07) is 4.83. The molecule has 3 fully saturated rings.